The summed E-state index contributed by atoms with van der Waals surface area (Å²) >= 11 is 12.0. The Labute approximate surface area is 192 Å². The second-order valence-corrected chi connectivity index (χ2v) is 9.66. The zero-order valence-electron chi connectivity index (χ0n) is 16.9. The number of benzene rings is 2. The lowest BCUT2D eigenvalue weighted by atomic mass is 10.2. The Morgan fingerprint density at radius 3 is 2.52 bits per heavy atom. The monoisotopic (exact) mass is 486 g/mol. The predicted octanol–water partition coefficient (Wildman–Crippen LogP) is 3.49. The van der Waals surface area contributed by atoms with E-state index in [1.54, 1.807) is 42.5 Å². The molecule has 0 saturated carbocycles. The smallest absolute Gasteiger partial charge is 0.243 e. The summed E-state index contributed by atoms with van der Waals surface area (Å²) in [4.78, 5) is 12.3. The summed E-state index contributed by atoms with van der Waals surface area (Å²) in [6, 6.07) is 11.7. The number of carbonyl (C=O) groups excluding carboxylic acids is 1. The Morgan fingerprint density at radius 2 is 1.81 bits per heavy atom. The summed E-state index contributed by atoms with van der Waals surface area (Å²) in [5.41, 5.74) is 0.816. The number of nitrogens with one attached hydrogen (secondary N) is 1. The van der Waals surface area contributed by atoms with Gasteiger partial charge in [0, 0.05) is 26.1 Å². The van der Waals surface area contributed by atoms with E-state index in [1.165, 1.54) is 4.31 Å². The highest BCUT2D eigenvalue weighted by molar-refractivity contribution is 7.89. The van der Waals surface area contributed by atoms with Crippen LogP contribution in [0.4, 0.5) is 0 Å². The highest BCUT2D eigenvalue weighted by atomic mass is 35.5. The van der Waals surface area contributed by atoms with Gasteiger partial charge in [0.05, 0.1) is 29.7 Å². The average Bonchev–Trinajstić information content (AvgIpc) is 2.79. The Balaban J connectivity index is 1.41. The first kappa shape index (κ1) is 23.8. The Morgan fingerprint density at radius 1 is 1.10 bits per heavy atom. The molecular formula is C21H24Cl2N2O5S. The molecule has 0 aromatic heterocycles. The second kappa shape index (κ2) is 11.2. The molecule has 1 N–H and O–H groups in total. The van der Waals surface area contributed by atoms with Crippen LogP contribution < -0.4 is 10.1 Å². The summed E-state index contributed by atoms with van der Waals surface area (Å²) in [6.45, 7) is 2.17. The molecule has 0 unspecified atom stereocenters. The number of hydrogen-bond donors (Lipinski definition) is 1. The molecule has 0 radical (unpaired) electrons. The maximum atomic E-state index is 12.6. The number of morpholine rings is 1. The highest BCUT2D eigenvalue weighted by Gasteiger charge is 2.26. The molecular weight excluding hydrogens is 463 g/mol. The van der Waals surface area contributed by atoms with Crippen LogP contribution in [0.5, 0.6) is 5.75 Å². The van der Waals surface area contributed by atoms with E-state index in [1.807, 2.05) is 0 Å². The van der Waals surface area contributed by atoms with Gasteiger partial charge in [0.25, 0.3) is 0 Å². The molecule has 1 heterocycles. The lowest BCUT2D eigenvalue weighted by molar-refractivity contribution is -0.121. The van der Waals surface area contributed by atoms with Crippen molar-refractivity contribution in [1.29, 1.82) is 0 Å². The van der Waals surface area contributed by atoms with Gasteiger partial charge in [0.15, 0.2) is 0 Å². The first-order valence-corrected chi connectivity index (χ1v) is 12.1. The van der Waals surface area contributed by atoms with Crippen LogP contribution in [0.15, 0.2) is 47.4 Å². The molecule has 1 aliphatic heterocycles. The third-order valence-electron chi connectivity index (χ3n) is 4.74. The van der Waals surface area contributed by atoms with Crippen LogP contribution in [-0.4, -0.2) is 51.5 Å². The minimum Gasteiger partial charge on any atom is -0.492 e. The normalized spacial score (nSPS) is 14.9. The van der Waals surface area contributed by atoms with Crippen molar-refractivity contribution in [2.24, 2.45) is 0 Å². The molecule has 7 nitrogen and oxygen atoms in total. The molecule has 1 fully saturated rings. The van der Waals surface area contributed by atoms with Crippen molar-refractivity contribution in [3.05, 3.63) is 58.1 Å². The van der Waals surface area contributed by atoms with Crippen LogP contribution in [0, 0.1) is 0 Å². The molecule has 1 amide bonds. The zero-order chi connectivity index (χ0) is 22.3. The van der Waals surface area contributed by atoms with Crippen LogP contribution in [0.3, 0.4) is 0 Å². The fourth-order valence-electron chi connectivity index (χ4n) is 3.01. The highest BCUT2D eigenvalue weighted by Crippen LogP contribution is 2.31. The SMILES string of the molecule is O=C(CCCOc1cccc(Cl)c1Cl)NCc1ccc(S(=O)(=O)N2CCOCC2)cc1. The first-order chi connectivity index (χ1) is 14.9. The van der Waals surface area contributed by atoms with Gasteiger partial charge < -0.3 is 14.8 Å². The molecule has 0 spiro atoms. The lowest BCUT2D eigenvalue weighted by Gasteiger charge is -2.26. The fourth-order valence-corrected chi connectivity index (χ4v) is 4.77. The summed E-state index contributed by atoms with van der Waals surface area (Å²) in [6.07, 6.45) is 0.813. The van der Waals surface area contributed by atoms with E-state index in [0.29, 0.717) is 68.1 Å². The van der Waals surface area contributed by atoms with Crippen LogP contribution >= 0.6 is 23.2 Å². The van der Waals surface area contributed by atoms with E-state index < -0.39 is 10.0 Å². The van der Waals surface area contributed by atoms with Crippen molar-refractivity contribution < 1.29 is 22.7 Å². The van der Waals surface area contributed by atoms with Gasteiger partial charge in [-0.1, -0.05) is 41.4 Å². The van der Waals surface area contributed by atoms with E-state index in [2.05, 4.69) is 5.32 Å². The second-order valence-electron chi connectivity index (χ2n) is 6.94. The van der Waals surface area contributed by atoms with E-state index in [0.717, 1.165) is 5.56 Å². The summed E-state index contributed by atoms with van der Waals surface area (Å²) in [7, 11) is -3.52. The molecule has 2 aromatic carbocycles. The van der Waals surface area contributed by atoms with Gasteiger partial charge in [-0.25, -0.2) is 8.42 Å². The van der Waals surface area contributed by atoms with E-state index in [-0.39, 0.29) is 10.8 Å². The fraction of sp³-hybridized carbons (Fsp3) is 0.381. The third kappa shape index (κ3) is 6.57. The minimum absolute atomic E-state index is 0.120. The lowest BCUT2D eigenvalue weighted by Crippen LogP contribution is -2.40. The number of ether oxygens (including phenoxy) is 2. The Bertz CT molecular complexity index is 993. The van der Waals surface area contributed by atoms with Gasteiger partial charge in [-0.3, -0.25) is 4.79 Å². The van der Waals surface area contributed by atoms with Gasteiger partial charge in [0.2, 0.25) is 15.9 Å². The van der Waals surface area contributed by atoms with Crippen molar-refractivity contribution in [1.82, 2.24) is 9.62 Å². The Hall–Kier alpha value is -1.84. The summed E-state index contributed by atoms with van der Waals surface area (Å²) in [5, 5.41) is 3.59. The number of amides is 1. The van der Waals surface area contributed by atoms with Crippen molar-refractivity contribution in [3.8, 4) is 5.75 Å². The summed E-state index contributed by atoms with van der Waals surface area (Å²) in [5.74, 6) is 0.368. The first-order valence-electron chi connectivity index (χ1n) is 9.88. The number of hydrogen-bond acceptors (Lipinski definition) is 5. The van der Waals surface area contributed by atoms with Gasteiger partial charge in [-0.15, -0.1) is 0 Å². The van der Waals surface area contributed by atoms with Crippen molar-refractivity contribution in [2.45, 2.75) is 24.3 Å². The van der Waals surface area contributed by atoms with Crippen LogP contribution in [0.2, 0.25) is 10.0 Å². The number of sulfonamides is 1. The largest absolute Gasteiger partial charge is 0.492 e. The molecule has 31 heavy (non-hydrogen) atoms. The van der Waals surface area contributed by atoms with Gasteiger partial charge in [-0.05, 0) is 36.2 Å². The molecule has 1 aliphatic rings. The topological polar surface area (TPSA) is 84.9 Å². The molecule has 0 aliphatic carbocycles. The van der Waals surface area contributed by atoms with Crippen molar-refractivity contribution in [3.63, 3.8) is 0 Å². The number of halogens is 2. The van der Waals surface area contributed by atoms with E-state index in [4.69, 9.17) is 32.7 Å². The van der Waals surface area contributed by atoms with Gasteiger partial charge >= 0.3 is 0 Å². The third-order valence-corrected chi connectivity index (χ3v) is 7.46. The zero-order valence-corrected chi connectivity index (χ0v) is 19.2. The maximum absolute atomic E-state index is 12.6. The van der Waals surface area contributed by atoms with E-state index >= 15 is 0 Å². The van der Waals surface area contributed by atoms with Crippen molar-refractivity contribution >= 4 is 39.1 Å². The molecule has 2 aromatic rings. The van der Waals surface area contributed by atoms with Gasteiger partial charge in [0.1, 0.15) is 10.8 Å². The maximum Gasteiger partial charge on any atom is 0.243 e. The molecule has 10 heteroatoms. The minimum atomic E-state index is -3.52. The molecule has 0 atom stereocenters. The van der Waals surface area contributed by atoms with Crippen LogP contribution in [-0.2, 0) is 26.1 Å². The Kier molecular flexibility index (Phi) is 8.57. The standard InChI is InChI=1S/C21H24Cl2N2O5S/c22-18-3-1-4-19(21(18)23)30-12-2-5-20(26)24-15-16-6-8-17(9-7-16)31(27,28)25-10-13-29-14-11-25/h1,3-4,6-9H,2,5,10-15H2,(H,24,26). The van der Waals surface area contributed by atoms with Crippen molar-refractivity contribution in [2.75, 3.05) is 32.9 Å². The molecule has 3 rings (SSSR count). The molecule has 1 saturated heterocycles. The van der Waals surface area contributed by atoms with Crippen LogP contribution in [0.1, 0.15) is 18.4 Å². The van der Waals surface area contributed by atoms with Crippen LogP contribution in [0.25, 0.3) is 0 Å². The number of carbonyl (C=O) groups is 1. The van der Waals surface area contributed by atoms with E-state index in [9.17, 15) is 13.2 Å². The average molecular weight is 487 g/mol. The number of rotatable bonds is 9. The number of nitrogens with zero attached hydrogens (tertiary/aromatic N) is 1. The predicted molar refractivity (Wildman–Crippen MR) is 119 cm³/mol. The summed E-state index contributed by atoms with van der Waals surface area (Å²) < 4.78 is 37.4. The molecule has 168 valence electrons. The van der Waals surface area contributed by atoms with Gasteiger partial charge in [-0.2, -0.15) is 4.31 Å². The molecule has 0 bridgehead atoms. The quantitative estimate of drug-likeness (QED) is 0.548.